The van der Waals surface area contributed by atoms with Crippen LogP contribution in [-0.4, -0.2) is 30.2 Å². The van der Waals surface area contributed by atoms with Crippen molar-refractivity contribution < 1.29 is 19.1 Å². The molecule has 0 saturated carbocycles. The topological polar surface area (TPSA) is 107 Å². The quantitative estimate of drug-likeness (QED) is 0.565. The zero-order valence-corrected chi connectivity index (χ0v) is 17.4. The summed E-state index contributed by atoms with van der Waals surface area (Å²) < 4.78 is 12.3. The van der Waals surface area contributed by atoms with E-state index < -0.39 is 17.8 Å². The van der Waals surface area contributed by atoms with Gasteiger partial charge in [-0.1, -0.05) is 30.3 Å². The van der Waals surface area contributed by atoms with E-state index in [1.54, 1.807) is 32.4 Å². The molecule has 7 heteroatoms. The number of nitriles is 1. The number of hydrogen-bond donors (Lipinski definition) is 1. The number of carbonyl (C=O) groups excluding carboxylic acids is 2. The van der Waals surface area contributed by atoms with Crippen molar-refractivity contribution in [1.29, 1.82) is 5.26 Å². The Kier molecular flexibility index (Phi) is 6.73. The molecule has 158 valence electrons. The summed E-state index contributed by atoms with van der Waals surface area (Å²) in [5.41, 5.74) is 8.18. The van der Waals surface area contributed by atoms with Crippen LogP contribution in [0.15, 0.2) is 60.8 Å². The number of aromatic nitrogens is 1. The molecule has 0 aliphatic rings. The van der Waals surface area contributed by atoms with Crippen molar-refractivity contribution in [3.8, 4) is 23.1 Å². The van der Waals surface area contributed by atoms with Crippen LogP contribution in [0.25, 0.3) is 11.3 Å². The van der Waals surface area contributed by atoms with Gasteiger partial charge in [0.25, 0.3) is 0 Å². The molecule has 1 aromatic heterocycles. The van der Waals surface area contributed by atoms with Crippen LogP contribution in [-0.2, 0) is 16.1 Å². The largest absolute Gasteiger partial charge is 0.497 e. The second-order valence-corrected chi connectivity index (χ2v) is 6.83. The minimum absolute atomic E-state index is 0.147. The molecule has 1 unspecified atom stereocenters. The van der Waals surface area contributed by atoms with Crippen molar-refractivity contribution in [1.82, 2.24) is 4.57 Å². The highest BCUT2D eigenvalue weighted by Gasteiger charge is 2.31. The van der Waals surface area contributed by atoms with Crippen LogP contribution in [0.4, 0.5) is 0 Å². The number of primary amides is 1. The Labute approximate surface area is 180 Å². The third-order valence-electron chi connectivity index (χ3n) is 4.87. The van der Waals surface area contributed by atoms with Crippen LogP contribution in [0.1, 0.15) is 34.3 Å². The second kappa shape index (κ2) is 9.63. The molecule has 3 aromatic rings. The number of rotatable bonds is 8. The summed E-state index contributed by atoms with van der Waals surface area (Å²) in [4.78, 5) is 24.9. The van der Waals surface area contributed by atoms with Gasteiger partial charge in [0.05, 0.1) is 31.0 Å². The Balaban J connectivity index is 2.28. The molecular weight excluding hydrogens is 394 g/mol. The van der Waals surface area contributed by atoms with Crippen LogP contribution in [0, 0.1) is 11.3 Å². The van der Waals surface area contributed by atoms with E-state index in [2.05, 4.69) is 0 Å². The second-order valence-electron chi connectivity index (χ2n) is 6.83. The van der Waals surface area contributed by atoms with Crippen molar-refractivity contribution in [2.24, 2.45) is 5.73 Å². The molecule has 1 atom stereocenters. The van der Waals surface area contributed by atoms with E-state index in [1.807, 2.05) is 53.1 Å². The van der Waals surface area contributed by atoms with Gasteiger partial charge in [-0.3, -0.25) is 4.79 Å². The van der Waals surface area contributed by atoms with E-state index in [0.717, 1.165) is 5.56 Å². The number of methoxy groups -OCH3 is 1. The fourth-order valence-electron chi connectivity index (χ4n) is 3.48. The van der Waals surface area contributed by atoms with Gasteiger partial charge in [0, 0.05) is 18.3 Å². The molecule has 3 rings (SSSR count). The molecule has 0 saturated heterocycles. The van der Waals surface area contributed by atoms with Gasteiger partial charge in [0.15, 0.2) is 5.92 Å². The van der Waals surface area contributed by atoms with Crippen LogP contribution >= 0.6 is 0 Å². The highest BCUT2D eigenvalue weighted by atomic mass is 16.5. The van der Waals surface area contributed by atoms with Crippen LogP contribution in [0.2, 0.25) is 0 Å². The molecule has 7 nitrogen and oxygen atoms in total. The summed E-state index contributed by atoms with van der Waals surface area (Å²) in [6.07, 6.45) is 1.62. The van der Waals surface area contributed by atoms with Gasteiger partial charge in [-0.05, 0) is 42.3 Å². The van der Waals surface area contributed by atoms with E-state index in [1.165, 1.54) is 0 Å². The Morgan fingerprint density at radius 1 is 1.13 bits per heavy atom. The molecule has 1 heterocycles. The lowest BCUT2D eigenvalue weighted by atomic mass is 9.93. The molecule has 2 N–H and O–H groups in total. The standard InChI is InChI=1S/C24H23N3O4/c1-3-31-24(29)20-15-27(14-16-7-5-4-6-8-16)22(21(20)19(13-25)23(26)28)17-9-11-18(30-2)12-10-17/h4-12,15,19H,3,14H2,1-2H3,(H2,26,28). The predicted octanol–water partition coefficient (Wildman–Crippen LogP) is 3.48. The molecule has 0 aliphatic carbocycles. The number of ether oxygens (including phenoxy) is 2. The van der Waals surface area contributed by atoms with Gasteiger partial charge in [-0.25, -0.2) is 4.79 Å². The zero-order chi connectivity index (χ0) is 22.4. The van der Waals surface area contributed by atoms with Crippen molar-refractivity contribution in [2.75, 3.05) is 13.7 Å². The van der Waals surface area contributed by atoms with E-state index in [-0.39, 0.29) is 17.7 Å². The van der Waals surface area contributed by atoms with Gasteiger partial charge < -0.3 is 19.8 Å². The van der Waals surface area contributed by atoms with Crippen LogP contribution < -0.4 is 10.5 Å². The molecule has 2 aromatic carbocycles. The minimum atomic E-state index is -1.31. The maximum absolute atomic E-state index is 12.7. The van der Waals surface area contributed by atoms with Gasteiger partial charge in [0.1, 0.15) is 5.75 Å². The first-order valence-corrected chi connectivity index (χ1v) is 9.77. The summed E-state index contributed by atoms with van der Waals surface area (Å²) in [6, 6.07) is 18.8. The third kappa shape index (κ3) is 4.59. The summed E-state index contributed by atoms with van der Waals surface area (Å²) >= 11 is 0. The number of amides is 1. The lowest BCUT2D eigenvalue weighted by Crippen LogP contribution is -2.22. The number of carbonyl (C=O) groups is 2. The fourth-order valence-corrected chi connectivity index (χ4v) is 3.48. The number of nitrogens with two attached hydrogens (primary N) is 1. The number of benzene rings is 2. The minimum Gasteiger partial charge on any atom is -0.497 e. The predicted molar refractivity (Wildman–Crippen MR) is 115 cm³/mol. The molecule has 0 spiro atoms. The molecule has 0 radical (unpaired) electrons. The molecule has 1 amide bonds. The van der Waals surface area contributed by atoms with Crippen LogP contribution in [0.3, 0.4) is 0 Å². The molecule has 31 heavy (non-hydrogen) atoms. The summed E-state index contributed by atoms with van der Waals surface area (Å²) in [5.74, 6) is -2.10. The maximum atomic E-state index is 12.7. The van der Waals surface area contributed by atoms with Crippen molar-refractivity contribution in [3.05, 3.63) is 77.5 Å². The monoisotopic (exact) mass is 417 g/mol. The van der Waals surface area contributed by atoms with Gasteiger partial charge >= 0.3 is 5.97 Å². The van der Waals surface area contributed by atoms with Gasteiger partial charge in [0.2, 0.25) is 5.91 Å². The highest BCUT2D eigenvalue weighted by molar-refractivity contribution is 5.98. The number of esters is 1. The molecule has 0 bridgehead atoms. The highest BCUT2D eigenvalue weighted by Crippen LogP contribution is 2.36. The van der Waals surface area contributed by atoms with Crippen molar-refractivity contribution >= 4 is 11.9 Å². The Hall–Kier alpha value is -4.05. The van der Waals surface area contributed by atoms with Crippen LogP contribution in [0.5, 0.6) is 5.75 Å². The van der Waals surface area contributed by atoms with E-state index in [0.29, 0.717) is 23.6 Å². The molecular formula is C24H23N3O4. The maximum Gasteiger partial charge on any atom is 0.340 e. The van der Waals surface area contributed by atoms with E-state index >= 15 is 0 Å². The first-order chi connectivity index (χ1) is 15.0. The first kappa shape index (κ1) is 21.7. The number of hydrogen-bond acceptors (Lipinski definition) is 5. The first-order valence-electron chi connectivity index (χ1n) is 9.77. The normalized spacial score (nSPS) is 11.4. The molecule has 0 fully saturated rings. The average molecular weight is 417 g/mol. The summed E-state index contributed by atoms with van der Waals surface area (Å²) in [7, 11) is 1.57. The van der Waals surface area contributed by atoms with E-state index in [9.17, 15) is 14.9 Å². The lowest BCUT2D eigenvalue weighted by Gasteiger charge is -2.14. The van der Waals surface area contributed by atoms with Crippen molar-refractivity contribution in [3.63, 3.8) is 0 Å². The summed E-state index contributed by atoms with van der Waals surface area (Å²) in [5, 5.41) is 9.71. The lowest BCUT2D eigenvalue weighted by molar-refractivity contribution is -0.118. The number of nitrogens with zero attached hydrogens (tertiary/aromatic N) is 2. The average Bonchev–Trinajstić information content (AvgIpc) is 3.13. The fraction of sp³-hybridized carbons (Fsp3) is 0.208. The Morgan fingerprint density at radius 2 is 1.81 bits per heavy atom. The van der Waals surface area contributed by atoms with Gasteiger partial charge in [-0.2, -0.15) is 5.26 Å². The smallest absolute Gasteiger partial charge is 0.340 e. The van der Waals surface area contributed by atoms with E-state index in [4.69, 9.17) is 15.2 Å². The van der Waals surface area contributed by atoms with Gasteiger partial charge in [-0.15, -0.1) is 0 Å². The van der Waals surface area contributed by atoms with Crippen molar-refractivity contribution in [2.45, 2.75) is 19.4 Å². The third-order valence-corrected chi connectivity index (χ3v) is 4.87. The Bertz CT molecular complexity index is 1110. The zero-order valence-electron chi connectivity index (χ0n) is 17.4. The summed E-state index contributed by atoms with van der Waals surface area (Å²) in [6.45, 7) is 2.28. The SMILES string of the molecule is CCOC(=O)c1cn(Cc2ccccc2)c(-c2ccc(OC)cc2)c1C(C#N)C(N)=O. The molecule has 0 aliphatic heterocycles. The Morgan fingerprint density at radius 3 is 2.35 bits per heavy atom.